The molecule has 3 N–H and O–H groups in total. The van der Waals surface area contributed by atoms with Crippen LogP contribution in [0, 0.1) is 16.7 Å². The van der Waals surface area contributed by atoms with Crippen LogP contribution in [0.1, 0.15) is 58.6 Å². The third-order valence-corrected chi connectivity index (χ3v) is 11.0. The number of piperidine rings is 1. The smallest absolute Gasteiger partial charge is 0.295 e. The Hall–Kier alpha value is -5.97. The maximum atomic E-state index is 13.8. The largest absolute Gasteiger partial charge is 0.499 e. The lowest BCUT2D eigenvalue weighted by atomic mass is 9.93. The summed E-state index contributed by atoms with van der Waals surface area (Å²) in [4.78, 5) is 56.0. The number of hydrogen-bond donors (Lipinski definition) is 3. The molecular formula is C44H55N9O9. The number of ketones is 1. The summed E-state index contributed by atoms with van der Waals surface area (Å²) in [6.45, 7) is 9.98. The number of nitrogens with zero attached hydrogens (tertiary/aromatic N) is 7. The van der Waals surface area contributed by atoms with Gasteiger partial charge in [-0.05, 0) is 49.8 Å². The van der Waals surface area contributed by atoms with Gasteiger partial charge in [0, 0.05) is 50.9 Å². The number of aliphatic hydroxyl groups is 1. The number of hydrogen-bond acceptors (Lipinski definition) is 14. The molecule has 2 fully saturated rings. The van der Waals surface area contributed by atoms with Crippen LogP contribution in [0.4, 0.5) is 0 Å². The average Bonchev–Trinajstić information content (AvgIpc) is 3.65. The zero-order valence-electron chi connectivity index (χ0n) is 35.2. The van der Waals surface area contributed by atoms with Crippen LogP contribution in [-0.4, -0.2) is 156 Å². The first-order chi connectivity index (χ1) is 30.3. The van der Waals surface area contributed by atoms with E-state index in [1.54, 1.807) is 0 Å². The minimum Gasteiger partial charge on any atom is -0.499 e. The number of benzene rings is 1. The molecule has 4 heterocycles. The van der Waals surface area contributed by atoms with Crippen molar-refractivity contribution < 1.29 is 43.2 Å². The number of fused-ring (bicyclic) bond motifs is 1. The van der Waals surface area contributed by atoms with Crippen molar-refractivity contribution in [2.45, 2.75) is 32.1 Å². The van der Waals surface area contributed by atoms with Gasteiger partial charge in [-0.2, -0.15) is 9.94 Å². The van der Waals surface area contributed by atoms with Gasteiger partial charge in [-0.25, -0.2) is 9.97 Å². The minimum absolute atomic E-state index is 0.0721. The normalized spacial score (nSPS) is 14.4. The van der Waals surface area contributed by atoms with E-state index in [1.165, 1.54) is 41.7 Å². The summed E-state index contributed by atoms with van der Waals surface area (Å²) in [7, 11) is 1.44. The molecule has 18 heteroatoms. The molecule has 0 bridgehead atoms. The zero-order chi connectivity index (χ0) is 43.7. The molecule has 1 aromatic carbocycles. The molecule has 0 atom stereocenters. The Bertz CT molecular complexity index is 2200. The number of nitriles is 1. The van der Waals surface area contributed by atoms with E-state index < -0.39 is 17.6 Å². The molecule has 6 rings (SSSR count). The Morgan fingerprint density at radius 1 is 1.02 bits per heavy atom. The summed E-state index contributed by atoms with van der Waals surface area (Å²) in [6, 6.07) is 11.7. The summed E-state index contributed by atoms with van der Waals surface area (Å²) in [5, 5.41) is 27.4. The number of likely N-dealkylation sites (tertiary alicyclic amines) is 1. The topological polar surface area (TPSA) is 219 Å². The van der Waals surface area contributed by atoms with Crippen molar-refractivity contribution in [1.29, 1.82) is 5.26 Å². The Morgan fingerprint density at radius 2 is 1.73 bits per heavy atom. The summed E-state index contributed by atoms with van der Waals surface area (Å²) in [6.07, 6.45) is 9.17. The van der Waals surface area contributed by atoms with Crippen molar-refractivity contribution >= 4 is 34.1 Å². The average molecular weight is 854 g/mol. The van der Waals surface area contributed by atoms with Crippen LogP contribution in [0.3, 0.4) is 0 Å². The quantitative estimate of drug-likeness (QED) is 0.0272. The number of carbonyl (C=O) groups excluding carboxylic acids is 3. The molecule has 0 spiro atoms. The number of methoxy groups -OCH3 is 1. The van der Waals surface area contributed by atoms with Gasteiger partial charge in [-0.1, -0.05) is 36.9 Å². The molecule has 0 unspecified atom stereocenters. The van der Waals surface area contributed by atoms with Gasteiger partial charge in [0.25, 0.3) is 17.6 Å². The van der Waals surface area contributed by atoms with Crippen LogP contribution in [0.15, 0.2) is 67.5 Å². The number of aromatic nitrogens is 5. The highest BCUT2D eigenvalue weighted by Gasteiger charge is 2.43. The first-order valence-electron chi connectivity index (χ1n) is 20.9. The standard InChI is InChI=1S/C44H55N9O9/c1-3-59-20-21-61-24-25-62-23-22-60-19-18-51(29-44(30-54)12-13-44)15-7-14-46-42(56)40-49-31-53(50-40)41-38-37(36(58-2)28-48-41)35(27-47-38)39(55)43(57)52-16-10-33(11-17-52)34(26-45)32-8-5-4-6-9-32/h3-6,8-9,27-28,31,47,54H,1,7,10-25,29-30H2,2H3,(H,46,56). The van der Waals surface area contributed by atoms with Crippen molar-refractivity contribution in [2.75, 3.05) is 99.2 Å². The maximum absolute atomic E-state index is 13.8. The predicted molar refractivity (Wildman–Crippen MR) is 227 cm³/mol. The van der Waals surface area contributed by atoms with Crippen molar-refractivity contribution in [3.63, 3.8) is 0 Å². The van der Waals surface area contributed by atoms with Crippen molar-refractivity contribution in [2.24, 2.45) is 5.41 Å². The minimum atomic E-state index is -0.717. The van der Waals surface area contributed by atoms with Crippen molar-refractivity contribution in [3.8, 4) is 17.6 Å². The van der Waals surface area contributed by atoms with Crippen LogP contribution < -0.4 is 10.1 Å². The number of carbonyl (C=O) groups is 3. The molecule has 330 valence electrons. The highest BCUT2D eigenvalue weighted by molar-refractivity contribution is 6.45. The van der Waals surface area contributed by atoms with Gasteiger partial charge in [0.2, 0.25) is 5.82 Å². The van der Waals surface area contributed by atoms with E-state index in [4.69, 9.17) is 23.7 Å². The fourth-order valence-corrected chi connectivity index (χ4v) is 7.32. The lowest BCUT2D eigenvalue weighted by Gasteiger charge is -2.28. The molecule has 1 saturated carbocycles. The summed E-state index contributed by atoms with van der Waals surface area (Å²) in [5.74, 6) is -1.40. The molecule has 1 aliphatic carbocycles. The SMILES string of the molecule is C=COCCOCCOCCOCCN(CCCNC(=O)c1ncn(-c2ncc(OC)c3c(C(=O)C(=O)N4CCC(=C(C#N)c5ccccc5)CC4)c[nH]c23)n1)CC1(CO)CC1. The molecule has 0 radical (unpaired) electrons. The summed E-state index contributed by atoms with van der Waals surface area (Å²) < 4.78 is 28.6. The number of ether oxygens (including phenoxy) is 5. The lowest BCUT2D eigenvalue weighted by molar-refractivity contribution is -0.126. The fourth-order valence-electron chi connectivity index (χ4n) is 7.32. The number of rotatable bonds is 26. The summed E-state index contributed by atoms with van der Waals surface area (Å²) >= 11 is 0. The Balaban J connectivity index is 0.997. The number of Topliss-reactive ketones (excluding diaryl/α,β-unsaturated/α-hetero) is 1. The van der Waals surface area contributed by atoms with Crippen molar-refractivity contribution in [1.82, 2.24) is 39.8 Å². The van der Waals surface area contributed by atoms with E-state index in [0.717, 1.165) is 30.5 Å². The van der Waals surface area contributed by atoms with E-state index in [-0.39, 0.29) is 35.0 Å². The highest BCUT2D eigenvalue weighted by Crippen LogP contribution is 2.45. The van der Waals surface area contributed by atoms with Gasteiger partial charge in [0.15, 0.2) is 5.82 Å². The monoisotopic (exact) mass is 853 g/mol. The number of nitrogens with one attached hydrogen (secondary N) is 2. The predicted octanol–water partition coefficient (Wildman–Crippen LogP) is 3.34. The number of pyridine rings is 1. The van der Waals surface area contributed by atoms with Crippen LogP contribution in [0.2, 0.25) is 0 Å². The maximum Gasteiger partial charge on any atom is 0.295 e. The van der Waals surface area contributed by atoms with E-state index in [9.17, 15) is 24.8 Å². The Kier molecular flexibility index (Phi) is 16.7. The molecular weight excluding hydrogens is 799 g/mol. The molecule has 62 heavy (non-hydrogen) atoms. The molecule has 3 aromatic heterocycles. The first-order valence-corrected chi connectivity index (χ1v) is 20.9. The van der Waals surface area contributed by atoms with E-state index >= 15 is 0 Å². The Labute approximate surface area is 360 Å². The van der Waals surface area contributed by atoms with Crippen LogP contribution in [0.5, 0.6) is 5.75 Å². The van der Waals surface area contributed by atoms with Gasteiger partial charge in [-0.3, -0.25) is 14.4 Å². The number of allylic oxidation sites excluding steroid dienone is 1. The molecule has 2 aliphatic rings. The second kappa shape index (κ2) is 22.8. The second-order valence-corrected chi connectivity index (χ2v) is 15.1. The summed E-state index contributed by atoms with van der Waals surface area (Å²) in [5.41, 5.74) is 2.78. The van der Waals surface area contributed by atoms with E-state index in [1.807, 2.05) is 30.3 Å². The first kappa shape index (κ1) is 45.6. The Morgan fingerprint density at radius 3 is 2.39 bits per heavy atom. The van der Waals surface area contributed by atoms with Gasteiger partial charge in [0.1, 0.15) is 18.7 Å². The molecule has 1 aliphatic heterocycles. The number of aliphatic hydroxyl groups excluding tert-OH is 1. The lowest BCUT2D eigenvalue weighted by Crippen LogP contribution is -2.40. The molecule has 1 saturated heterocycles. The van der Waals surface area contributed by atoms with Gasteiger partial charge >= 0.3 is 0 Å². The molecule has 18 nitrogen and oxygen atoms in total. The van der Waals surface area contributed by atoms with Crippen molar-refractivity contribution in [3.05, 3.63) is 84.4 Å². The van der Waals surface area contributed by atoms with Gasteiger partial charge < -0.3 is 48.9 Å². The number of aromatic amines is 1. The highest BCUT2D eigenvalue weighted by atomic mass is 16.6. The van der Waals surface area contributed by atoms with Gasteiger partial charge in [-0.15, -0.1) is 5.10 Å². The van der Waals surface area contributed by atoms with Crippen LogP contribution >= 0.6 is 0 Å². The van der Waals surface area contributed by atoms with Crippen LogP contribution in [-0.2, 0) is 23.7 Å². The fraction of sp³-hybridized carbons (Fsp3) is 0.477. The van der Waals surface area contributed by atoms with Gasteiger partial charge in [0.05, 0.1) is 87.3 Å². The number of amides is 2. The molecule has 4 aromatic rings. The number of H-pyrrole nitrogens is 1. The third-order valence-electron chi connectivity index (χ3n) is 11.0. The van der Waals surface area contributed by atoms with E-state index in [2.05, 4.69) is 42.9 Å². The third kappa shape index (κ3) is 11.9. The second-order valence-electron chi connectivity index (χ2n) is 15.1. The zero-order valence-corrected chi connectivity index (χ0v) is 35.2. The van der Waals surface area contributed by atoms with E-state index in [0.29, 0.717) is 115 Å². The van der Waals surface area contributed by atoms with Crippen LogP contribution in [0.25, 0.3) is 22.3 Å². The molecule has 2 amide bonds.